The van der Waals surface area contributed by atoms with E-state index in [-0.39, 0.29) is 6.61 Å². The molecule has 142 valence electrons. The van der Waals surface area contributed by atoms with Crippen molar-refractivity contribution in [1.82, 2.24) is 0 Å². The Hall–Kier alpha value is -3.53. The number of ether oxygens (including phenoxy) is 3. The van der Waals surface area contributed by atoms with Gasteiger partial charge in [0.1, 0.15) is 6.61 Å². The quantitative estimate of drug-likeness (QED) is 0.425. The molecule has 0 fully saturated rings. The van der Waals surface area contributed by atoms with Gasteiger partial charge in [-0.1, -0.05) is 66.7 Å². The Kier molecular flexibility index (Phi) is 6.47. The molecule has 0 radical (unpaired) electrons. The van der Waals surface area contributed by atoms with Crippen molar-refractivity contribution >= 4 is 12.0 Å². The van der Waals surface area contributed by atoms with Crippen LogP contribution < -0.4 is 9.47 Å². The number of carbonyl (C=O) groups excluding carboxylic acids is 1. The average molecular weight is 374 g/mol. The molecular formula is C24H22O4. The monoisotopic (exact) mass is 374 g/mol. The summed E-state index contributed by atoms with van der Waals surface area (Å²) in [7, 11) is 3.13. The van der Waals surface area contributed by atoms with Gasteiger partial charge in [0, 0.05) is 11.6 Å². The summed E-state index contributed by atoms with van der Waals surface area (Å²) in [6.45, 7) is 0.216. The minimum Gasteiger partial charge on any atom is -0.493 e. The lowest BCUT2D eigenvalue weighted by atomic mass is 10.0. The molecule has 0 aliphatic carbocycles. The van der Waals surface area contributed by atoms with E-state index in [0.29, 0.717) is 11.5 Å². The Morgan fingerprint density at radius 3 is 2.21 bits per heavy atom. The summed E-state index contributed by atoms with van der Waals surface area (Å²) in [5.41, 5.74) is 3.95. The van der Waals surface area contributed by atoms with E-state index in [1.165, 1.54) is 6.08 Å². The topological polar surface area (TPSA) is 44.8 Å². The lowest BCUT2D eigenvalue weighted by molar-refractivity contribution is -0.138. The van der Waals surface area contributed by atoms with E-state index < -0.39 is 5.97 Å². The minimum atomic E-state index is -0.419. The maximum atomic E-state index is 12.1. The van der Waals surface area contributed by atoms with E-state index in [1.807, 2.05) is 54.6 Å². The second-order valence-corrected chi connectivity index (χ2v) is 6.09. The highest BCUT2D eigenvalue weighted by molar-refractivity contribution is 5.87. The molecular weight excluding hydrogens is 352 g/mol. The van der Waals surface area contributed by atoms with Crippen molar-refractivity contribution in [3.63, 3.8) is 0 Å². The zero-order chi connectivity index (χ0) is 19.8. The summed E-state index contributed by atoms with van der Waals surface area (Å²) in [6, 6.07) is 23.6. The molecule has 0 aliphatic rings. The molecule has 0 aliphatic heterocycles. The van der Waals surface area contributed by atoms with Crippen LogP contribution >= 0.6 is 0 Å². The number of carbonyl (C=O) groups is 1. The summed E-state index contributed by atoms with van der Waals surface area (Å²) in [5, 5.41) is 0. The molecule has 0 saturated carbocycles. The highest BCUT2D eigenvalue weighted by Crippen LogP contribution is 2.31. The Balaban J connectivity index is 1.59. The van der Waals surface area contributed by atoms with Gasteiger partial charge in [-0.25, -0.2) is 4.79 Å². The van der Waals surface area contributed by atoms with Crippen molar-refractivity contribution in [2.45, 2.75) is 6.61 Å². The highest BCUT2D eigenvalue weighted by Gasteiger charge is 2.07. The van der Waals surface area contributed by atoms with Gasteiger partial charge in [0.15, 0.2) is 11.5 Å². The van der Waals surface area contributed by atoms with Gasteiger partial charge in [0.2, 0.25) is 0 Å². The number of benzene rings is 3. The van der Waals surface area contributed by atoms with Crippen molar-refractivity contribution < 1.29 is 19.0 Å². The number of rotatable bonds is 7. The summed E-state index contributed by atoms with van der Waals surface area (Å²) < 4.78 is 15.9. The van der Waals surface area contributed by atoms with Gasteiger partial charge in [-0.15, -0.1) is 0 Å². The Labute approximate surface area is 165 Å². The lowest BCUT2D eigenvalue weighted by Crippen LogP contribution is -2.01. The van der Waals surface area contributed by atoms with Crippen LogP contribution in [0.5, 0.6) is 11.5 Å². The summed E-state index contributed by atoms with van der Waals surface area (Å²) in [4.78, 5) is 12.1. The highest BCUT2D eigenvalue weighted by atomic mass is 16.5. The zero-order valence-corrected chi connectivity index (χ0v) is 15.9. The molecule has 0 heterocycles. The van der Waals surface area contributed by atoms with Crippen molar-refractivity contribution in [3.8, 4) is 22.6 Å². The number of hydrogen-bond donors (Lipinski definition) is 0. The Bertz CT molecular complexity index is 944. The van der Waals surface area contributed by atoms with E-state index >= 15 is 0 Å². The largest absolute Gasteiger partial charge is 0.493 e. The molecule has 3 aromatic rings. The zero-order valence-electron chi connectivity index (χ0n) is 15.9. The summed E-state index contributed by atoms with van der Waals surface area (Å²) in [5.74, 6) is 0.763. The molecule has 0 N–H and O–H groups in total. The SMILES string of the molecule is COc1cccc(/C=C/C(=O)OCc2ccc(-c3ccccc3)cc2)c1OC. The van der Waals surface area contributed by atoms with Crippen molar-refractivity contribution in [2.75, 3.05) is 14.2 Å². The fourth-order valence-electron chi connectivity index (χ4n) is 2.83. The second kappa shape index (κ2) is 9.42. The molecule has 3 rings (SSSR count). The Morgan fingerprint density at radius 2 is 1.54 bits per heavy atom. The van der Waals surface area contributed by atoms with Crippen LogP contribution in [0.15, 0.2) is 78.9 Å². The molecule has 4 nitrogen and oxygen atoms in total. The molecule has 3 aromatic carbocycles. The van der Waals surface area contributed by atoms with Gasteiger partial charge in [0.05, 0.1) is 14.2 Å². The van der Waals surface area contributed by atoms with Crippen molar-refractivity contribution in [1.29, 1.82) is 0 Å². The van der Waals surface area contributed by atoms with Gasteiger partial charge in [-0.3, -0.25) is 0 Å². The normalized spacial score (nSPS) is 10.6. The van der Waals surface area contributed by atoms with Crippen molar-refractivity contribution in [3.05, 3.63) is 90.0 Å². The average Bonchev–Trinajstić information content (AvgIpc) is 2.76. The van der Waals surface area contributed by atoms with Gasteiger partial charge >= 0.3 is 5.97 Å². The van der Waals surface area contributed by atoms with E-state index in [9.17, 15) is 4.79 Å². The smallest absolute Gasteiger partial charge is 0.331 e. The van der Waals surface area contributed by atoms with E-state index in [2.05, 4.69) is 12.1 Å². The van der Waals surface area contributed by atoms with Gasteiger partial charge in [0.25, 0.3) is 0 Å². The molecule has 4 heteroatoms. The first-order valence-corrected chi connectivity index (χ1v) is 8.91. The van der Waals surface area contributed by atoms with Crippen LogP contribution in [0.4, 0.5) is 0 Å². The van der Waals surface area contributed by atoms with Crippen LogP contribution in [0.25, 0.3) is 17.2 Å². The lowest BCUT2D eigenvalue weighted by Gasteiger charge is -2.09. The summed E-state index contributed by atoms with van der Waals surface area (Å²) >= 11 is 0. The maximum absolute atomic E-state index is 12.1. The molecule has 0 saturated heterocycles. The Morgan fingerprint density at radius 1 is 0.821 bits per heavy atom. The summed E-state index contributed by atoms with van der Waals surface area (Å²) in [6.07, 6.45) is 3.04. The predicted octanol–water partition coefficient (Wildman–Crippen LogP) is 5.13. The third-order valence-corrected chi connectivity index (χ3v) is 4.27. The van der Waals surface area contributed by atoms with Crippen LogP contribution in [0.2, 0.25) is 0 Å². The third-order valence-electron chi connectivity index (χ3n) is 4.27. The minimum absolute atomic E-state index is 0.216. The molecule has 0 atom stereocenters. The first-order valence-electron chi connectivity index (χ1n) is 8.91. The first-order chi connectivity index (χ1) is 13.7. The fraction of sp³-hybridized carbons (Fsp3) is 0.125. The van der Waals surface area contributed by atoms with Crippen LogP contribution in [0, 0.1) is 0 Å². The maximum Gasteiger partial charge on any atom is 0.331 e. The van der Waals surface area contributed by atoms with Gasteiger partial charge in [-0.05, 0) is 28.8 Å². The molecule has 0 bridgehead atoms. The number of para-hydroxylation sites is 1. The number of methoxy groups -OCH3 is 2. The van der Waals surface area contributed by atoms with E-state index in [4.69, 9.17) is 14.2 Å². The molecule has 0 aromatic heterocycles. The molecule has 0 amide bonds. The molecule has 0 spiro atoms. The van der Waals surface area contributed by atoms with Gasteiger partial charge < -0.3 is 14.2 Å². The van der Waals surface area contributed by atoms with E-state index in [1.54, 1.807) is 26.4 Å². The van der Waals surface area contributed by atoms with Crippen LogP contribution in [0.1, 0.15) is 11.1 Å². The number of hydrogen-bond acceptors (Lipinski definition) is 4. The fourth-order valence-corrected chi connectivity index (χ4v) is 2.83. The predicted molar refractivity (Wildman–Crippen MR) is 110 cm³/mol. The van der Waals surface area contributed by atoms with Crippen LogP contribution in [-0.2, 0) is 16.1 Å². The third kappa shape index (κ3) is 4.80. The van der Waals surface area contributed by atoms with Crippen LogP contribution in [-0.4, -0.2) is 20.2 Å². The number of esters is 1. The van der Waals surface area contributed by atoms with Crippen molar-refractivity contribution in [2.24, 2.45) is 0 Å². The van der Waals surface area contributed by atoms with Crippen LogP contribution in [0.3, 0.4) is 0 Å². The first kappa shape index (κ1) is 19.2. The second-order valence-electron chi connectivity index (χ2n) is 6.09. The molecule has 28 heavy (non-hydrogen) atoms. The standard InChI is InChI=1S/C24H22O4/c1-26-22-10-6-9-21(24(22)27-2)15-16-23(25)28-17-18-11-13-20(14-12-18)19-7-4-3-5-8-19/h3-16H,17H2,1-2H3/b16-15+. The van der Waals surface area contributed by atoms with Gasteiger partial charge in [-0.2, -0.15) is 0 Å². The molecule has 0 unspecified atom stereocenters. The van der Waals surface area contributed by atoms with E-state index in [0.717, 1.165) is 22.3 Å².